The van der Waals surface area contributed by atoms with Crippen LogP contribution in [0, 0.1) is 0 Å². The predicted octanol–water partition coefficient (Wildman–Crippen LogP) is 5.21. The number of hydrogen-bond acceptors (Lipinski definition) is 4. The van der Waals surface area contributed by atoms with Crippen LogP contribution in [0.25, 0.3) is 22.2 Å². The molecule has 1 aromatic heterocycles. The van der Waals surface area contributed by atoms with Gasteiger partial charge >= 0.3 is 0 Å². The number of nitrogens with one attached hydrogen (secondary N) is 1. The second-order valence-corrected chi connectivity index (χ2v) is 6.54. The van der Waals surface area contributed by atoms with Gasteiger partial charge in [0.1, 0.15) is 5.75 Å². The highest BCUT2D eigenvalue weighted by atomic mass is 35.5. The van der Waals surface area contributed by atoms with Crippen LogP contribution in [0.4, 0.5) is 5.69 Å². The Morgan fingerprint density at radius 2 is 1.64 bits per heavy atom. The van der Waals surface area contributed by atoms with Crippen molar-refractivity contribution >= 4 is 34.1 Å². The van der Waals surface area contributed by atoms with Gasteiger partial charge in [-0.15, -0.1) is 0 Å². The van der Waals surface area contributed by atoms with Crippen LogP contribution in [0.3, 0.4) is 0 Å². The molecule has 4 aromatic rings. The first-order chi connectivity index (χ1) is 13.6. The van der Waals surface area contributed by atoms with Crippen LogP contribution in [0.2, 0.25) is 5.02 Å². The van der Waals surface area contributed by atoms with Crippen LogP contribution in [0.15, 0.2) is 72.8 Å². The number of benzene rings is 3. The maximum absolute atomic E-state index is 12.7. The quantitative estimate of drug-likeness (QED) is 0.520. The Bertz CT molecular complexity index is 1140. The molecule has 0 radical (unpaired) electrons. The van der Waals surface area contributed by atoms with E-state index in [1.165, 1.54) is 0 Å². The summed E-state index contributed by atoms with van der Waals surface area (Å²) < 4.78 is 5.22. The smallest absolute Gasteiger partial charge is 0.293 e. The molecule has 1 heterocycles. The monoisotopic (exact) mass is 389 g/mol. The molecule has 0 unspecified atom stereocenters. The molecule has 0 spiro atoms. The third-order valence-electron chi connectivity index (χ3n) is 4.27. The topological polar surface area (TPSA) is 64.1 Å². The number of methoxy groups -OCH3 is 1. The molecule has 138 valence electrons. The number of anilines is 1. The van der Waals surface area contributed by atoms with Gasteiger partial charge in [-0.2, -0.15) is 0 Å². The van der Waals surface area contributed by atoms with E-state index in [0.717, 1.165) is 16.7 Å². The van der Waals surface area contributed by atoms with Crippen LogP contribution in [-0.2, 0) is 0 Å². The second kappa shape index (κ2) is 7.66. The van der Waals surface area contributed by atoms with Crippen LogP contribution >= 0.6 is 11.6 Å². The molecule has 3 aromatic carbocycles. The summed E-state index contributed by atoms with van der Waals surface area (Å²) in [6, 6.07) is 22.0. The summed E-state index contributed by atoms with van der Waals surface area (Å²) in [4.78, 5) is 21.7. The largest absolute Gasteiger partial charge is 0.497 e. The zero-order valence-electron chi connectivity index (χ0n) is 15.0. The normalized spacial score (nSPS) is 10.6. The minimum absolute atomic E-state index is 0.0967. The number of aromatic nitrogens is 2. The maximum Gasteiger partial charge on any atom is 0.293 e. The molecule has 5 nitrogen and oxygen atoms in total. The average Bonchev–Trinajstić information content (AvgIpc) is 2.74. The van der Waals surface area contributed by atoms with E-state index >= 15 is 0 Å². The van der Waals surface area contributed by atoms with E-state index in [9.17, 15) is 4.79 Å². The van der Waals surface area contributed by atoms with Crippen molar-refractivity contribution in [2.24, 2.45) is 0 Å². The van der Waals surface area contributed by atoms with Gasteiger partial charge in [-0.3, -0.25) is 4.79 Å². The fourth-order valence-electron chi connectivity index (χ4n) is 2.87. The van der Waals surface area contributed by atoms with Crippen LogP contribution < -0.4 is 10.1 Å². The Morgan fingerprint density at radius 3 is 2.36 bits per heavy atom. The molecule has 0 bridgehead atoms. The number of carbonyl (C=O) groups is 1. The van der Waals surface area contributed by atoms with Crippen molar-refractivity contribution in [1.29, 1.82) is 0 Å². The first-order valence-corrected chi connectivity index (χ1v) is 9.00. The fourth-order valence-corrected chi connectivity index (χ4v) is 2.99. The summed E-state index contributed by atoms with van der Waals surface area (Å²) >= 11 is 5.89. The lowest BCUT2D eigenvalue weighted by Gasteiger charge is -2.10. The van der Waals surface area contributed by atoms with Crippen molar-refractivity contribution < 1.29 is 9.53 Å². The Balaban J connectivity index is 1.76. The SMILES string of the molecule is COc1ccc(-c2nc(C(=O)Nc3ccc(Cl)cc3)nc3ccccc23)cc1. The van der Waals surface area contributed by atoms with Crippen LogP contribution in [-0.4, -0.2) is 23.0 Å². The van der Waals surface area contributed by atoms with Gasteiger partial charge in [0.2, 0.25) is 5.82 Å². The summed E-state index contributed by atoms with van der Waals surface area (Å²) in [5.41, 5.74) is 2.89. The Labute approximate surface area is 167 Å². The summed E-state index contributed by atoms with van der Waals surface area (Å²) in [6.07, 6.45) is 0. The zero-order chi connectivity index (χ0) is 19.5. The van der Waals surface area contributed by atoms with E-state index in [1.54, 1.807) is 31.4 Å². The van der Waals surface area contributed by atoms with Gasteiger partial charge in [0.15, 0.2) is 0 Å². The van der Waals surface area contributed by atoms with E-state index < -0.39 is 0 Å². The molecule has 6 heteroatoms. The van der Waals surface area contributed by atoms with E-state index in [0.29, 0.717) is 21.9 Å². The minimum atomic E-state index is -0.386. The standard InChI is InChI=1S/C22H16ClN3O2/c1-28-17-12-6-14(7-13-17)20-18-4-2-3-5-19(18)25-21(26-20)22(27)24-16-10-8-15(23)9-11-16/h2-13H,1H3,(H,24,27). The molecule has 0 aliphatic rings. The third kappa shape index (κ3) is 3.66. The van der Waals surface area contributed by atoms with Gasteiger partial charge in [-0.05, 0) is 54.6 Å². The van der Waals surface area contributed by atoms with Crippen molar-refractivity contribution in [2.75, 3.05) is 12.4 Å². The predicted molar refractivity (Wildman–Crippen MR) is 111 cm³/mol. The molecule has 28 heavy (non-hydrogen) atoms. The molecule has 0 saturated heterocycles. The lowest BCUT2D eigenvalue weighted by molar-refractivity contribution is 0.101. The first kappa shape index (κ1) is 17.9. The van der Waals surface area contributed by atoms with E-state index in [-0.39, 0.29) is 11.7 Å². The summed E-state index contributed by atoms with van der Waals surface area (Å²) in [7, 11) is 1.62. The zero-order valence-corrected chi connectivity index (χ0v) is 15.8. The number of ether oxygens (including phenoxy) is 1. The molecule has 0 aliphatic heterocycles. The van der Waals surface area contributed by atoms with Crippen LogP contribution in [0.5, 0.6) is 5.75 Å². The summed E-state index contributed by atoms with van der Waals surface area (Å²) in [6.45, 7) is 0. The fraction of sp³-hybridized carbons (Fsp3) is 0.0455. The van der Waals surface area contributed by atoms with E-state index in [2.05, 4.69) is 15.3 Å². The molecule has 0 aliphatic carbocycles. The Hall–Kier alpha value is -3.44. The number of halogens is 1. The molecular weight excluding hydrogens is 374 g/mol. The van der Waals surface area contributed by atoms with Gasteiger partial charge in [0.25, 0.3) is 5.91 Å². The first-order valence-electron chi connectivity index (χ1n) is 8.62. The lowest BCUT2D eigenvalue weighted by Crippen LogP contribution is -2.16. The summed E-state index contributed by atoms with van der Waals surface area (Å²) in [5.74, 6) is 0.463. The number of carbonyl (C=O) groups excluding carboxylic acids is 1. The van der Waals surface area contributed by atoms with Crippen molar-refractivity contribution in [1.82, 2.24) is 9.97 Å². The van der Waals surface area contributed by atoms with Gasteiger partial charge in [-0.25, -0.2) is 9.97 Å². The summed E-state index contributed by atoms with van der Waals surface area (Å²) in [5, 5.41) is 4.27. The van der Waals surface area contributed by atoms with Crippen LogP contribution in [0.1, 0.15) is 10.6 Å². The van der Waals surface area contributed by atoms with Gasteiger partial charge in [0, 0.05) is 21.7 Å². The minimum Gasteiger partial charge on any atom is -0.497 e. The number of para-hydroxylation sites is 1. The van der Waals surface area contributed by atoms with E-state index in [1.807, 2.05) is 48.5 Å². The highest BCUT2D eigenvalue weighted by Crippen LogP contribution is 2.28. The van der Waals surface area contributed by atoms with Gasteiger partial charge in [0.05, 0.1) is 18.3 Å². The number of nitrogens with zero attached hydrogens (tertiary/aromatic N) is 2. The Morgan fingerprint density at radius 1 is 0.929 bits per heavy atom. The van der Waals surface area contributed by atoms with E-state index in [4.69, 9.17) is 16.3 Å². The van der Waals surface area contributed by atoms with Gasteiger partial charge in [-0.1, -0.05) is 29.8 Å². The lowest BCUT2D eigenvalue weighted by atomic mass is 10.1. The molecule has 1 N–H and O–H groups in total. The second-order valence-electron chi connectivity index (χ2n) is 6.10. The maximum atomic E-state index is 12.7. The molecular formula is C22H16ClN3O2. The molecule has 0 saturated carbocycles. The third-order valence-corrected chi connectivity index (χ3v) is 4.52. The van der Waals surface area contributed by atoms with Crippen molar-refractivity contribution in [3.63, 3.8) is 0 Å². The van der Waals surface area contributed by atoms with Crippen molar-refractivity contribution in [3.8, 4) is 17.0 Å². The Kier molecular flexibility index (Phi) is 4.91. The molecule has 0 atom stereocenters. The highest BCUT2D eigenvalue weighted by molar-refractivity contribution is 6.30. The molecule has 4 rings (SSSR count). The number of amides is 1. The van der Waals surface area contributed by atoms with Crippen molar-refractivity contribution in [2.45, 2.75) is 0 Å². The number of hydrogen-bond donors (Lipinski definition) is 1. The molecule has 1 amide bonds. The van der Waals surface area contributed by atoms with Crippen molar-refractivity contribution in [3.05, 3.63) is 83.6 Å². The molecule has 0 fully saturated rings. The van der Waals surface area contributed by atoms with Gasteiger partial charge < -0.3 is 10.1 Å². The average molecular weight is 390 g/mol. The highest BCUT2D eigenvalue weighted by Gasteiger charge is 2.15. The number of rotatable bonds is 4. The number of fused-ring (bicyclic) bond motifs is 1.